The highest BCUT2D eigenvalue weighted by Crippen LogP contribution is 2.18. The van der Waals surface area contributed by atoms with Crippen molar-refractivity contribution in [3.63, 3.8) is 0 Å². The third-order valence-corrected chi connectivity index (χ3v) is 6.19. The molecule has 2 N–H and O–H groups in total. The standard InChI is InChI=1S/C17H27N3O3S/c1-14(12-18-2)17(21)19-16-8-10-20(11-9-16)24(22,23)13-15-6-4-3-5-7-15/h3-7,14,16,18H,8-13H2,1-2H3,(H,19,21). The Labute approximate surface area is 144 Å². The Balaban J connectivity index is 1.84. The Morgan fingerprint density at radius 2 is 1.88 bits per heavy atom. The molecule has 1 heterocycles. The fourth-order valence-electron chi connectivity index (χ4n) is 2.90. The predicted octanol–water partition coefficient (Wildman–Crippen LogP) is 0.953. The average molecular weight is 353 g/mol. The molecule has 6 nitrogen and oxygen atoms in total. The van der Waals surface area contributed by atoms with Crippen molar-refractivity contribution in [3.05, 3.63) is 35.9 Å². The van der Waals surface area contributed by atoms with Crippen LogP contribution in [0.2, 0.25) is 0 Å². The fourth-order valence-corrected chi connectivity index (χ4v) is 4.46. The van der Waals surface area contributed by atoms with Crippen LogP contribution in [-0.2, 0) is 20.6 Å². The van der Waals surface area contributed by atoms with Gasteiger partial charge in [0.1, 0.15) is 0 Å². The van der Waals surface area contributed by atoms with Crippen molar-refractivity contribution in [2.75, 3.05) is 26.7 Å². The number of amides is 1. The Morgan fingerprint density at radius 3 is 2.46 bits per heavy atom. The molecule has 1 amide bonds. The summed E-state index contributed by atoms with van der Waals surface area (Å²) in [6.07, 6.45) is 1.32. The summed E-state index contributed by atoms with van der Waals surface area (Å²) in [4.78, 5) is 12.0. The summed E-state index contributed by atoms with van der Waals surface area (Å²) in [5.41, 5.74) is 0.800. The molecule has 2 rings (SSSR count). The molecule has 1 atom stereocenters. The lowest BCUT2D eigenvalue weighted by Gasteiger charge is -2.32. The molecule has 1 aliphatic rings. The van der Waals surface area contributed by atoms with Crippen molar-refractivity contribution in [3.8, 4) is 0 Å². The Hall–Kier alpha value is -1.44. The van der Waals surface area contributed by atoms with Gasteiger partial charge < -0.3 is 10.6 Å². The number of hydrogen-bond donors (Lipinski definition) is 2. The second-order valence-corrected chi connectivity index (χ2v) is 8.35. The molecule has 1 aromatic rings. The van der Waals surface area contributed by atoms with Crippen molar-refractivity contribution in [1.29, 1.82) is 0 Å². The van der Waals surface area contributed by atoms with Crippen molar-refractivity contribution < 1.29 is 13.2 Å². The molecule has 1 aromatic carbocycles. The average Bonchev–Trinajstić information content (AvgIpc) is 2.56. The van der Waals surface area contributed by atoms with Gasteiger partial charge in [-0.25, -0.2) is 12.7 Å². The highest BCUT2D eigenvalue weighted by Gasteiger charge is 2.29. The van der Waals surface area contributed by atoms with Gasteiger partial charge in [0.05, 0.1) is 5.75 Å². The lowest BCUT2D eigenvalue weighted by Crippen LogP contribution is -2.48. The number of rotatable bonds is 7. The maximum Gasteiger partial charge on any atom is 0.224 e. The summed E-state index contributed by atoms with van der Waals surface area (Å²) in [6.45, 7) is 3.43. The number of carbonyl (C=O) groups excluding carboxylic acids is 1. The van der Waals surface area contributed by atoms with E-state index < -0.39 is 10.0 Å². The molecule has 1 fully saturated rings. The van der Waals surface area contributed by atoms with Crippen LogP contribution in [0.3, 0.4) is 0 Å². The molecule has 0 saturated carbocycles. The first-order valence-corrected chi connectivity index (χ1v) is 10.00. The Bertz CT molecular complexity index is 626. The van der Waals surface area contributed by atoms with Crippen LogP contribution >= 0.6 is 0 Å². The second kappa shape index (κ2) is 8.60. The van der Waals surface area contributed by atoms with E-state index in [2.05, 4.69) is 10.6 Å². The molecule has 24 heavy (non-hydrogen) atoms. The summed E-state index contributed by atoms with van der Waals surface area (Å²) in [5, 5.41) is 6.01. The first-order valence-electron chi connectivity index (χ1n) is 8.39. The van der Waals surface area contributed by atoms with E-state index in [0.717, 1.165) is 5.56 Å². The van der Waals surface area contributed by atoms with Gasteiger partial charge in [-0.05, 0) is 25.5 Å². The lowest BCUT2D eigenvalue weighted by atomic mass is 10.0. The lowest BCUT2D eigenvalue weighted by molar-refractivity contribution is -0.125. The smallest absolute Gasteiger partial charge is 0.224 e. The van der Waals surface area contributed by atoms with Crippen LogP contribution in [0.5, 0.6) is 0 Å². The molecule has 1 saturated heterocycles. The Morgan fingerprint density at radius 1 is 1.25 bits per heavy atom. The van der Waals surface area contributed by atoms with Crippen LogP contribution < -0.4 is 10.6 Å². The molecule has 0 spiro atoms. The molecular weight excluding hydrogens is 326 g/mol. The number of hydrogen-bond acceptors (Lipinski definition) is 4. The number of carbonyl (C=O) groups is 1. The van der Waals surface area contributed by atoms with Crippen LogP contribution in [0.25, 0.3) is 0 Å². The van der Waals surface area contributed by atoms with E-state index in [-0.39, 0.29) is 23.6 Å². The molecular formula is C17H27N3O3S. The summed E-state index contributed by atoms with van der Waals surface area (Å²) in [7, 11) is -1.48. The van der Waals surface area contributed by atoms with E-state index in [1.165, 1.54) is 0 Å². The minimum absolute atomic E-state index is 0.0231. The van der Waals surface area contributed by atoms with E-state index >= 15 is 0 Å². The number of benzene rings is 1. The molecule has 1 aliphatic heterocycles. The van der Waals surface area contributed by atoms with Gasteiger partial charge in [-0.3, -0.25) is 4.79 Å². The van der Waals surface area contributed by atoms with E-state index in [0.29, 0.717) is 32.5 Å². The zero-order valence-electron chi connectivity index (χ0n) is 14.4. The molecule has 0 aliphatic carbocycles. The normalized spacial score (nSPS) is 18.2. The third-order valence-electron chi connectivity index (χ3n) is 4.34. The van der Waals surface area contributed by atoms with Crippen molar-refractivity contribution in [1.82, 2.24) is 14.9 Å². The topological polar surface area (TPSA) is 78.5 Å². The summed E-state index contributed by atoms with van der Waals surface area (Å²) < 4.78 is 26.6. The van der Waals surface area contributed by atoms with Gasteiger partial charge >= 0.3 is 0 Å². The largest absolute Gasteiger partial charge is 0.353 e. The van der Waals surface area contributed by atoms with Crippen LogP contribution in [-0.4, -0.2) is 51.4 Å². The highest BCUT2D eigenvalue weighted by molar-refractivity contribution is 7.88. The third kappa shape index (κ3) is 5.29. The zero-order chi connectivity index (χ0) is 17.6. The SMILES string of the molecule is CNCC(C)C(=O)NC1CCN(S(=O)(=O)Cc2ccccc2)CC1. The van der Waals surface area contributed by atoms with Crippen LogP contribution in [0.4, 0.5) is 0 Å². The van der Waals surface area contributed by atoms with Crippen LogP contribution in [0.15, 0.2) is 30.3 Å². The first-order chi connectivity index (χ1) is 11.4. The fraction of sp³-hybridized carbons (Fsp3) is 0.588. The van der Waals surface area contributed by atoms with Crippen LogP contribution in [0.1, 0.15) is 25.3 Å². The number of nitrogens with zero attached hydrogens (tertiary/aromatic N) is 1. The Kier molecular flexibility index (Phi) is 6.77. The predicted molar refractivity (Wildman–Crippen MR) is 94.9 cm³/mol. The number of nitrogens with one attached hydrogen (secondary N) is 2. The van der Waals surface area contributed by atoms with E-state index in [9.17, 15) is 13.2 Å². The zero-order valence-corrected chi connectivity index (χ0v) is 15.2. The quantitative estimate of drug-likeness (QED) is 0.765. The minimum atomic E-state index is -3.30. The molecule has 0 bridgehead atoms. The van der Waals surface area contributed by atoms with E-state index in [1.54, 1.807) is 4.31 Å². The maximum absolute atomic E-state index is 12.5. The van der Waals surface area contributed by atoms with Gasteiger partial charge in [0.2, 0.25) is 15.9 Å². The molecule has 7 heteroatoms. The van der Waals surface area contributed by atoms with E-state index in [4.69, 9.17) is 0 Å². The van der Waals surface area contributed by atoms with Gasteiger partial charge in [0.15, 0.2) is 0 Å². The van der Waals surface area contributed by atoms with Gasteiger partial charge in [0.25, 0.3) is 0 Å². The van der Waals surface area contributed by atoms with Gasteiger partial charge in [0, 0.05) is 31.6 Å². The summed E-state index contributed by atoms with van der Waals surface area (Å²) in [6, 6.07) is 9.28. The number of sulfonamides is 1. The van der Waals surface area contributed by atoms with Gasteiger partial charge in [-0.1, -0.05) is 37.3 Å². The van der Waals surface area contributed by atoms with E-state index in [1.807, 2.05) is 44.3 Å². The van der Waals surface area contributed by atoms with Crippen molar-refractivity contribution >= 4 is 15.9 Å². The second-order valence-electron chi connectivity index (χ2n) is 6.38. The summed E-state index contributed by atoms with van der Waals surface area (Å²) in [5.74, 6) is -0.0332. The van der Waals surface area contributed by atoms with Crippen LogP contribution in [0, 0.1) is 5.92 Å². The number of piperidine rings is 1. The first kappa shape index (κ1) is 18.9. The van der Waals surface area contributed by atoms with Gasteiger partial charge in [-0.15, -0.1) is 0 Å². The maximum atomic E-state index is 12.5. The molecule has 134 valence electrons. The molecule has 1 unspecified atom stereocenters. The molecule has 0 aromatic heterocycles. The highest BCUT2D eigenvalue weighted by atomic mass is 32.2. The van der Waals surface area contributed by atoms with Crippen molar-refractivity contribution in [2.45, 2.75) is 31.6 Å². The van der Waals surface area contributed by atoms with Crippen molar-refractivity contribution in [2.24, 2.45) is 5.92 Å². The summed E-state index contributed by atoms with van der Waals surface area (Å²) >= 11 is 0. The van der Waals surface area contributed by atoms with Gasteiger partial charge in [-0.2, -0.15) is 0 Å². The monoisotopic (exact) mass is 353 g/mol. The molecule has 0 radical (unpaired) electrons. The minimum Gasteiger partial charge on any atom is -0.353 e.